The van der Waals surface area contributed by atoms with E-state index in [2.05, 4.69) is 10.6 Å². The highest BCUT2D eigenvalue weighted by Gasteiger charge is 2.21. The van der Waals surface area contributed by atoms with E-state index in [1.807, 2.05) is 30.3 Å². The highest BCUT2D eigenvalue weighted by Crippen LogP contribution is 2.34. The summed E-state index contributed by atoms with van der Waals surface area (Å²) >= 11 is 0. The summed E-state index contributed by atoms with van der Waals surface area (Å²) in [5.74, 6) is -0.302. The van der Waals surface area contributed by atoms with Crippen LogP contribution >= 0.6 is 0 Å². The minimum absolute atomic E-state index is 0.150. The first-order valence-corrected chi connectivity index (χ1v) is 7.81. The number of amides is 1. The van der Waals surface area contributed by atoms with Crippen LogP contribution in [-0.2, 0) is 16.1 Å². The van der Waals surface area contributed by atoms with Crippen LogP contribution in [0.15, 0.2) is 48.5 Å². The van der Waals surface area contributed by atoms with E-state index in [9.17, 15) is 14.7 Å². The zero-order valence-corrected chi connectivity index (χ0v) is 13.4. The molecule has 0 bridgehead atoms. The van der Waals surface area contributed by atoms with E-state index in [1.54, 1.807) is 18.2 Å². The minimum Gasteiger partial charge on any atom is -0.480 e. The predicted octanol–water partition coefficient (Wildman–Crippen LogP) is 1.99. The van der Waals surface area contributed by atoms with Gasteiger partial charge < -0.3 is 19.9 Å². The molecule has 0 fully saturated rings. The van der Waals surface area contributed by atoms with Gasteiger partial charge in [0.25, 0.3) is 0 Å². The Kier molecular flexibility index (Phi) is 5.15. The number of ether oxygens (including phenoxy) is 2. The second kappa shape index (κ2) is 7.67. The quantitative estimate of drug-likeness (QED) is 0.712. The average Bonchev–Trinajstić information content (AvgIpc) is 3.07. The van der Waals surface area contributed by atoms with Crippen molar-refractivity contribution in [3.63, 3.8) is 0 Å². The second-order valence-electron chi connectivity index (χ2n) is 5.58. The Bertz CT molecular complexity index is 763. The third-order valence-corrected chi connectivity index (χ3v) is 3.74. The standard InChI is InChI=1S/C18H18N2O5/c21-17(20-13-6-7-15-16(8-13)25-11-24-15)9-14(18(22)23)19-10-12-4-2-1-3-5-12/h1-8,14,19H,9-11H2,(H,20,21)(H,22,23). The van der Waals surface area contributed by atoms with Crippen LogP contribution in [0.5, 0.6) is 11.5 Å². The molecule has 1 atom stereocenters. The maximum absolute atomic E-state index is 12.2. The van der Waals surface area contributed by atoms with Crippen molar-refractivity contribution in [1.29, 1.82) is 0 Å². The molecule has 1 aliphatic rings. The predicted molar refractivity (Wildman–Crippen MR) is 90.5 cm³/mol. The molecule has 7 nitrogen and oxygen atoms in total. The van der Waals surface area contributed by atoms with E-state index >= 15 is 0 Å². The molecule has 1 heterocycles. The topological polar surface area (TPSA) is 96.9 Å². The van der Waals surface area contributed by atoms with Gasteiger partial charge in [0, 0.05) is 18.3 Å². The molecule has 0 saturated heterocycles. The van der Waals surface area contributed by atoms with Crippen LogP contribution < -0.4 is 20.1 Å². The van der Waals surface area contributed by atoms with Crippen molar-refractivity contribution < 1.29 is 24.2 Å². The minimum atomic E-state index is -1.07. The Morgan fingerprint density at radius 3 is 2.60 bits per heavy atom. The first-order chi connectivity index (χ1) is 12.1. The van der Waals surface area contributed by atoms with Crippen LogP contribution in [0.4, 0.5) is 5.69 Å². The van der Waals surface area contributed by atoms with Crippen LogP contribution in [0, 0.1) is 0 Å². The number of nitrogens with one attached hydrogen (secondary N) is 2. The summed E-state index contributed by atoms with van der Waals surface area (Å²) in [4.78, 5) is 23.5. The van der Waals surface area contributed by atoms with Crippen molar-refractivity contribution in [2.75, 3.05) is 12.1 Å². The number of carbonyl (C=O) groups excluding carboxylic acids is 1. The SMILES string of the molecule is O=C(CC(NCc1ccccc1)C(=O)O)Nc1ccc2c(c1)OCO2. The molecule has 0 aliphatic carbocycles. The Morgan fingerprint density at radius 1 is 1.08 bits per heavy atom. The van der Waals surface area contributed by atoms with E-state index in [-0.39, 0.29) is 13.2 Å². The van der Waals surface area contributed by atoms with Crippen molar-refractivity contribution in [2.24, 2.45) is 0 Å². The highest BCUT2D eigenvalue weighted by molar-refractivity contribution is 5.94. The van der Waals surface area contributed by atoms with E-state index in [0.29, 0.717) is 23.7 Å². The molecule has 0 saturated carbocycles. The lowest BCUT2D eigenvalue weighted by molar-refractivity contribution is -0.141. The molecule has 3 rings (SSSR count). The molecule has 7 heteroatoms. The third-order valence-electron chi connectivity index (χ3n) is 3.74. The Labute approximate surface area is 144 Å². The van der Waals surface area contributed by atoms with Gasteiger partial charge in [-0.2, -0.15) is 0 Å². The lowest BCUT2D eigenvalue weighted by Gasteiger charge is -2.14. The number of anilines is 1. The number of benzene rings is 2. The van der Waals surface area contributed by atoms with Crippen LogP contribution in [0.2, 0.25) is 0 Å². The monoisotopic (exact) mass is 342 g/mol. The van der Waals surface area contributed by atoms with Crippen molar-refractivity contribution in [3.05, 3.63) is 54.1 Å². The summed E-state index contributed by atoms with van der Waals surface area (Å²) in [6, 6.07) is 13.5. The van der Waals surface area contributed by atoms with Crippen LogP contribution in [0.3, 0.4) is 0 Å². The fourth-order valence-electron chi connectivity index (χ4n) is 2.46. The van der Waals surface area contributed by atoms with Crippen molar-refractivity contribution in [3.8, 4) is 11.5 Å². The second-order valence-corrected chi connectivity index (χ2v) is 5.58. The van der Waals surface area contributed by atoms with Gasteiger partial charge in [-0.05, 0) is 17.7 Å². The summed E-state index contributed by atoms with van der Waals surface area (Å²) in [6.07, 6.45) is -0.184. The van der Waals surface area contributed by atoms with E-state index < -0.39 is 17.9 Å². The maximum atomic E-state index is 12.2. The van der Waals surface area contributed by atoms with Gasteiger partial charge in [0.2, 0.25) is 12.7 Å². The van der Waals surface area contributed by atoms with Gasteiger partial charge in [0.05, 0.1) is 6.42 Å². The first kappa shape index (κ1) is 16.8. The van der Waals surface area contributed by atoms with Gasteiger partial charge in [-0.1, -0.05) is 30.3 Å². The lowest BCUT2D eigenvalue weighted by atomic mass is 10.1. The normalized spacial score (nSPS) is 13.3. The summed E-state index contributed by atoms with van der Waals surface area (Å²) < 4.78 is 10.5. The number of hydrogen-bond donors (Lipinski definition) is 3. The van der Waals surface area contributed by atoms with Gasteiger partial charge >= 0.3 is 5.97 Å². The van der Waals surface area contributed by atoms with Gasteiger partial charge in [-0.3, -0.25) is 14.9 Å². The molecule has 0 spiro atoms. The summed E-state index contributed by atoms with van der Waals surface area (Å²) in [5, 5.41) is 14.9. The van der Waals surface area contributed by atoms with Gasteiger partial charge in [0.1, 0.15) is 6.04 Å². The number of aliphatic carboxylic acids is 1. The Hall–Kier alpha value is -3.06. The fraction of sp³-hybridized carbons (Fsp3) is 0.222. The summed E-state index contributed by atoms with van der Waals surface area (Å²) in [5.41, 5.74) is 1.48. The van der Waals surface area contributed by atoms with E-state index in [1.165, 1.54) is 0 Å². The van der Waals surface area contributed by atoms with Gasteiger partial charge in [0.15, 0.2) is 11.5 Å². The summed E-state index contributed by atoms with van der Waals surface area (Å²) in [7, 11) is 0. The highest BCUT2D eigenvalue weighted by atomic mass is 16.7. The molecule has 1 unspecified atom stereocenters. The zero-order chi connectivity index (χ0) is 17.6. The molecule has 1 aliphatic heterocycles. The summed E-state index contributed by atoms with van der Waals surface area (Å²) in [6.45, 7) is 0.520. The zero-order valence-electron chi connectivity index (χ0n) is 13.4. The molecule has 2 aromatic rings. The van der Waals surface area contributed by atoms with Gasteiger partial charge in [-0.15, -0.1) is 0 Å². The Balaban J connectivity index is 1.56. The van der Waals surface area contributed by atoms with E-state index in [4.69, 9.17) is 9.47 Å². The molecule has 0 radical (unpaired) electrons. The van der Waals surface area contributed by atoms with Crippen molar-refractivity contribution >= 4 is 17.6 Å². The molecule has 3 N–H and O–H groups in total. The van der Waals surface area contributed by atoms with Crippen LogP contribution in [0.25, 0.3) is 0 Å². The van der Waals surface area contributed by atoms with Crippen LogP contribution in [0.1, 0.15) is 12.0 Å². The van der Waals surface area contributed by atoms with Gasteiger partial charge in [-0.25, -0.2) is 0 Å². The van der Waals surface area contributed by atoms with Crippen LogP contribution in [-0.4, -0.2) is 29.8 Å². The average molecular weight is 342 g/mol. The maximum Gasteiger partial charge on any atom is 0.321 e. The molecule has 2 aromatic carbocycles. The first-order valence-electron chi connectivity index (χ1n) is 7.81. The lowest BCUT2D eigenvalue weighted by Crippen LogP contribution is -2.39. The number of carboxylic acids is 1. The van der Waals surface area contributed by atoms with Crippen molar-refractivity contribution in [1.82, 2.24) is 5.32 Å². The number of rotatable bonds is 7. The number of hydrogen-bond acceptors (Lipinski definition) is 5. The van der Waals surface area contributed by atoms with E-state index in [0.717, 1.165) is 5.56 Å². The number of carbonyl (C=O) groups is 2. The smallest absolute Gasteiger partial charge is 0.321 e. The molecular formula is C18H18N2O5. The number of carboxylic acid groups (broad SMARTS) is 1. The molecule has 1 amide bonds. The molecule has 130 valence electrons. The van der Waals surface area contributed by atoms with Crippen molar-refractivity contribution in [2.45, 2.75) is 19.0 Å². The molecule has 25 heavy (non-hydrogen) atoms. The Morgan fingerprint density at radius 2 is 1.84 bits per heavy atom. The largest absolute Gasteiger partial charge is 0.480 e. The number of fused-ring (bicyclic) bond motifs is 1. The third kappa shape index (κ3) is 4.48. The molecular weight excluding hydrogens is 324 g/mol. The molecule has 0 aromatic heterocycles. The fourth-order valence-corrected chi connectivity index (χ4v) is 2.46.